The van der Waals surface area contributed by atoms with E-state index < -0.39 is 0 Å². The summed E-state index contributed by atoms with van der Waals surface area (Å²) in [6.45, 7) is 0.691. The largest absolute Gasteiger partial charge is 0.387 e. The van der Waals surface area contributed by atoms with Crippen LogP contribution in [0.15, 0.2) is 35.8 Å². The lowest BCUT2D eigenvalue weighted by Gasteiger charge is -2.21. The van der Waals surface area contributed by atoms with E-state index in [9.17, 15) is 4.79 Å². The number of thiophene rings is 1. The lowest BCUT2D eigenvalue weighted by Crippen LogP contribution is -2.32. The van der Waals surface area contributed by atoms with Crippen molar-refractivity contribution in [3.8, 4) is 0 Å². The van der Waals surface area contributed by atoms with Crippen LogP contribution in [0.3, 0.4) is 0 Å². The first-order valence-electron chi connectivity index (χ1n) is 6.75. The maximum atomic E-state index is 12.6. The summed E-state index contributed by atoms with van der Waals surface area (Å²) in [7, 11) is 1.84. The number of hydrogen-bond acceptors (Lipinski definition) is 4. The Hall–Kier alpha value is -1.88. The van der Waals surface area contributed by atoms with Crippen LogP contribution in [0.25, 0.3) is 0 Å². The Balaban J connectivity index is 1.77. The van der Waals surface area contributed by atoms with Gasteiger partial charge in [-0.2, -0.15) is 0 Å². The summed E-state index contributed by atoms with van der Waals surface area (Å²) in [4.78, 5) is 20.0. The fourth-order valence-corrected chi connectivity index (χ4v) is 2.84. The van der Waals surface area contributed by atoms with Crippen LogP contribution in [0.5, 0.6) is 0 Å². The van der Waals surface area contributed by atoms with Gasteiger partial charge in [0.25, 0.3) is 5.91 Å². The van der Waals surface area contributed by atoms with Crippen LogP contribution >= 0.6 is 11.3 Å². The van der Waals surface area contributed by atoms with Crippen molar-refractivity contribution >= 4 is 22.9 Å². The van der Waals surface area contributed by atoms with Crippen molar-refractivity contribution in [1.29, 1.82) is 0 Å². The fourth-order valence-electron chi connectivity index (χ4n) is 2.14. The van der Waals surface area contributed by atoms with E-state index in [1.165, 1.54) is 4.88 Å². The highest BCUT2D eigenvalue weighted by Crippen LogP contribution is 2.30. The monoisotopic (exact) mass is 287 g/mol. The minimum Gasteiger partial charge on any atom is -0.387 e. The van der Waals surface area contributed by atoms with E-state index in [0.717, 1.165) is 18.5 Å². The van der Waals surface area contributed by atoms with E-state index >= 15 is 0 Å². The van der Waals surface area contributed by atoms with Gasteiger partial charge in [0.15, 0.2) is 0 Å². The van der Waals surface area contributed by atoms with Gasteiger partial charge in [0.05, 0.1) is 18.4 Å². The molecule has 1 amide bonds. The maximum Gasteiger partial charge on any atom is 0.273 e. The first kappa shape index (κ1) is 13.1. The smallest absolute Gasteiger partial charge is 0.273 e. The quantitative estimate of drug-likeness (QED) is 0.919. The molecule has 0 saturated heterocycles. The third kappa shape index (κ3) is 2.82. The van der Waals surface area contributed by atoms with Gasteiger partial charge >= 0.3 is 0 Å². The van der Waals surface area contributed by atoms with Gasteiger partial charge in [-0.15, -0.1) is 11.3 Å². The zero-order valence-corrected chi connectivity index (χ0v) is 12.2. The number of nitrogens with one attached hydrogen (secondary N) is 1. The molecule has 0 atom stereocenters. The Morgan fingerprint density at radius 2 is 2.30 bits per heavy atom. The van der Waals surface area contributed by atoms with Crippen molar-refractivity contribution in [1.82, 2.24) is 9.88 Å². The summed E-state index contributed by atoms with van der Waals surface area (Å²) < 4.78 is 0. The molecule has 0 unspecified atom stereocenters. The number of hydrogen-bond donors (Lipinski definition) is 1. The molecule has 104 valence electrons. The summed E-state index contributed by atoms with van der Waals surface area (Å²) in [5.41, 5.74) is 1.44. The molecule has 2 heterocycles. The number of nitrogens with zero attached hydrogens (tertiary/aromatic N) is 2. The van der Waals surface area contributed by atoms with Crippen molar-refractivity contribution in [3.63, 3.8) is 0 Å². The van der Waals surface area contributed by atoms with Crippen molar-refractivity contribution in [2.75, 3.05) is 12.4 Å². The highest BCUT2D eigenvalue weighted by Gasteiger charge is 2.33. The van der Waals surface area contributed by atoms with Crippen LogP contribution in [0.2, 0.25) is 0 Å². The molecule has 0 aromatic carbocycles. The number of aromatic nitrogens is 1. The molecule has 1 fully saturated rings. The van der Waals surface area contributed by atoms with E-state index in [4.69, 9.17) is 0 Å². The second-order valence-electron chi connectivity index (χ2n) is 4.93. The number of carbonyl (C=O) groups excluding carboxylic acids is 1. The first-order chi connectivity index (χ1) is 9.78. The molecule has 1 aliphatic carbocycles. The van der Waals surface area contributed by atoms with Gasteiger partial charge < -0.3 is 10.2 Å². The van der Waals surface area contributed by atoms with Crippen molar-refractivity contribution in [3.05, 3.63) is 46.4 Å². The summed E-state index contributed by atoms with van der Waals surface area (Å²) in [5.74, 6) is 0.0311. The SMILES string of the molecule is CNc1ccc(C(=O)N(Cc2cccs2)C2CC2)nc1. The Labute approximate surface area is 122 Å². The standard InChI is InChI=1S/C15H17N3OS/c1-16-11-4-7-14(17-9-11)15(19)18(12-5-6-12)10-13-3-2-8-20-13/h2-4,7-9,12,16H,5-6,10H2,1H3. The van der Waals surface area contributed by atoms with Crippen LogP contribution in [0.1, 0.15) is 28.2 Å². The van der Waals surface area contributed by atoms with Crippen molar-refractivity contribution in [2.45, 2.75) is 25.4 Å². The van der Waals surface area contributed by atoms with Crippen LogP contribution < -0.4 is 5.32 Å². The minimum atomic E-state index is 0.0311. The highest BCUT2D eigenvalue weighted by atomic mass is 32.1. The van der Waals surface area contributed by atoms with E-state index in [-0.39, 0.29) is 5.91 Å². The minimum absolute atomic E-state index is 0.0311. The van der Waals surface area contributed by atoms with Gasteiger partial charge in [-0.3, -0.25) is 4.79 Å². The van der Waals surface area contributed by atoms with Gasteiger partial charge in [0.1, 0.15) is 5.69 Å². The van der Waals surface area contributed by atoms with Gasteiger partial charge in [0, 0.05) is 18.0 Å². The second kappa shape index (κ2) is 5.63. The summed E-state index contributed by atoms with van der Waals surface area (Å²) >= 11 is 1.69. The number of carbonyl (C=O) groups is 1. The molecule has 0 bridgehead atoms. The van der Waals surface area contributed by atoms with Crippen molar-refractivity contribution in [2.24, 2.45) is 0 Å². The van der Waals surface area contributed by atoms with Crippen LogP contribution in [0.4, 0.5) is 5.69 Å². The molecule has 1 saturated carbocycles. The Kier molecular flexibility index (Phi) is 3.69. The predicted molar refractivity (Wildman–Crippen MR) is 81.0 cm³/mol. The number of anilines is 1. The summed E-state index contributed by atoms with van der Waals surface area (Å²) in [5, 5.41) is 5.05. The van der Waals surface area contributed by atoms with Crippen LogP contribution in [-0.2, 0) is 6.54 Å². The average Bonchev–Trinajstić information content (AvgIpc) is 3.21. The fraction of sp³-hybridized carbons (Fsp3) is 0.333. The molecular weight excluding hydrogens is 270 g/mol. The molecule has 2 aromatic rings. The number of rotatable bonds is 5. The second-order valence-corrected chi connectivity index (χ2v) is 5.96. The molecule has 5 heteroatoms. The summed E-state index contributed by atoms with van der Waals surface area (Å²) in [6.07, 6.45) is 3.90. The predicted octanol–water partition coefficient (Wildman–Crippen LogP) is 2.99. The molecular formula is C15H17N3OS. The summed E-state index contributed by atoms with van der Waals surface area (Å²) in [6, 6.07) is 8.16. The molecule has 2 aromatic heterocycles. The molecule has 20 heavy (non-hydrogen) atoms. The molecule has 0 aliphatic heterocycles. The first-order valence-corrected chi connectivity index (χ1v) is 7.63. The van der Waals surface area contributed by atoms with E-state index in [1.807, 2.05) is 29.5 Å². The maximum absolute atomic E-state index is 12.6. The molecule has 3 rings (SSSR count). The van der Waals surface area contributed by atoms with E-state index in [1.54, 1.807) is 23.6 Å². The van der Waals surface area contributed by atoms with Crippen LogP contribution in [-0.4, -0.2) is 28.9 Å². The van der Waals surface area contributed by atoms with Gasteiger partial charge in [-0.25, -0.2) is 4.98 Å². The Bertz CT molecular complexity index is 576. The van der Waals surface area contributed by atoms with Gasteiger partial charge in [-0.05, 0) is 36.4 Å². The molecule has 0 radical (unpaired) electrons. The molecule has 4 nitrogen and oxygen atoms in total. The molecule has 1 N–H and O–H groups in total. The lowest BCUT2D eigenvalue weighted by molar-refractivity contribution is 0.0726. The third-order valence-electron chi connectivity index (χ3n) is 3.43. The molecule has 0 spiro atoms. The topological polar surface area (TPSA) is 45.2 Å². The van der Waals surface area contributed by atoms with Gasteiger partial charge in [-0.1, -0.05) is 6.07 Å². The Morgan fingerprint density at radius 3 is 2.85 bits per heavy atom. The van der Waals surface area contributed by atoms with Crippen molar-refractivity contribution < 1.29 is 4.79 Å². The number of amides is 1. The van der Waals surface area contributed by atoms with E-state index in [2.05, 4.69) is 16.4 Å². The van der Waals surface area contributed by atoms with E-state index in [0.29, 0.717) is 18.3 Å². The lowest BCUT2D eigenvalue weighted by atomic mass is 10.2. The highest BCUT2D eigenvalue weighted by molar-refractivity contribution is 7.09. The van der Waals surface area contributed by atoms with Crippen LogP contribution in [0, 0.1) is 0 Å². The average molecular weight is 287 g/mol. The Morgan fingerprint density at radius 1 is 1.45 bits per heavy atom. The zero-order valence-electron chi connectivity index (χ0n) is 11.4. The molecule has 1 aliphatic rings. The normalized spacial score (nSPS) is 14.1. The van der Waals surface area contributed by atoms with Gasteiger partial charge in [0.2, 0.25) is 0 Å². The zero-order chi connectivity index (χ0) is 13.9. The third-order valence-corrected chi connectivity index (χ3v) is 4.29. The number of pyridine rings is 1.